The quantitative estimate of drug-likeness (QED) is 0.659. The fraction of sp³-hybridized carbons (Fsp3) is 0.190. The number of carbonyl (C=O) groups is 1. The summed E-state index contributed by atoms with van der Waals surface area (Å²) < 4.78 is 45.5. The summed E-state index contributed by atoms with van der Waals surface area (Å²) in [4.78, 5) is 21.1. The number of aryl methyl sites for hydroxylation is 1. The number of nitrogens with one attached hydrogen (secondary N) is 2. The molecule has 0 bridgehead atoms. The highest BCUT2D eigenvalue weighted by Gasteiger charge is 2.27. The zero-order valence-corrected chi connectivity index (χ0v) is 15.9. The predicted octanol–water partition coefficient (Wildman–Crippen LogP) is 4.06. The maximum atomic E-state index is 13.6. The van der Waals surface area contributed by atoms with Crippen molar-refractivity contribution in [1.29, 1.82) is 0 Å². The van der Waals surface area contributed by atoms with E-state index in [1.54, 1.807) is 6.07 Å². The minimum atomic E-state index is -0.760. The molecule has 1 atom stereocenters. The molecule has 6 nitrogen and oxygen atoms in total. The van der Waals surface area contributed by atoms with E-state index in [9.17, 15) is 18.0 Å². The van der Waals surface area contributed by atoms with Crippen LogP contribution in [0.2, 0.25) is 0 Å². The van der Waals surface area contributed by atoms with Gasteiger partial charge in [-0.2, -0.15) is 0 Å². The van der Waals surface area contributed by atoms with E-state index in [-0.39, 0.29) is 34.9 Å². The van der Waals surface area contributed by atoms with Crippen LogP contribution in [0.15, 0.2) is 42.6 Å². The fourth-order valence-electron chi connectivity index (χ4n) is 3.46. The van der Waals surface area contributed by atoms with Crippen LogP contribution < -0.4 is 15.4 Å². The number of methoxy groups -OCH3 is 1. The van der Waals surface area contributed by atoms with E-state index in [2.05, 4.69) is 20.6 Å². The molecule has 3 aromatic rings. The Labute approximate surface area is 170 Å². The number of hydrogen-bond acceptors (Lipinski definition) is 5. The molecule has 2 aromatic carbocycles. The van der Waals surface area contributed by atoms with Crippen molar-refractivity contribution >= 4 is 17.4 Å². The number of nitrogens with zero attached hydrogens (tertiary/aromatic N) is 2. The van der Waals surface area contributed by atoms with Crippen molar-refractivity contribution in [3.8, 4) is 5.88 Å². The molecule has 0 saturated heterocycles. The third-order valence-corrected chi connectivity index (χ3v) is 4.77. The van der Waals surface area contributed by atoms with Gasteiger partial charge >= 0.3 is 0 Å². The van der Waals surface area contributed by atoms with E-state index < -0.39 is 17.5 Å². The molecule has 2 N–H and O–H groups in total. The zero-order chi connectivity index (χ0) is 21.3. The van der Waals surface area contributed by atoms with Crippen molar-refractivity contribution in [2.24, 2.45) is 0 Å². The Bertz CT molecular complexity index is 1100. The van der Waals surface area contributed by atoms with Crippen LogP contribution in [0.3, 0.4) is 0 Å². The zero-order valence-electron chi connectivity index (χ0n) is 15.9. The van der Waals surface area contributed by atoms with Crippen LogP contribution in [0.5, 0.6) is 5.88 Å². The topological polar surface area (TPSA) is 76.1 Å². The Morgan fingerprint density at radius 3 is 2.60 bits per heavy atom. The highest BCUT2D eigenvalue weighted by atomic mass is 19.1. The molecular weight excluding hydrogens is 397 g/mol. The average Bonchev–Trinajstić information content (AvgIpc) is 3.09. The summed E-state index contributed by atoms with van der Waals surface area (Å²) in [6.45, 7) is 0. The number of ether oxygens (including phenoxy) is 1. The number of hydrogen-bond donors (Lipinski definition) is 2. The van der Waals surface area contributed by atoms with Crippen molar-refractivity contribution in [3.05, 3.63) is 76.9 Å². The number of carbonyl (C=O) groups excluding carboxylic acids is 1. The number of amides is 1. The van der Waals surface area contributed by atoms with Gasteiger partial charge in [-0.05, 0) is 48.2 Å². The second-order valence-electron chi connectivity index (χ2n) is 6.80. The Hall–Kier alpha value is -3.62. The van der Waals surface area contributed by atoms with E-state index >= 15 is 0 Å². The molecule has 1 amide bonds. The monoisotopic (exact) mass is 414 g/mol. The molecule has 1 heterocycles. The third kappa shape index (κ3) is 4.05. The standard InChI is InChI=1S/C21H17F3N4O2/c1-30-21-19(20(29)27-17-5-3-11-2-4-12(22)9-16(11)17)28-18(10-25-21)26-15-7-13(23)6-14(24)8-15/h2,4,6-10,17H,3,5H2,1H3,(H,26,28)(H,27,29). The molecule has 1 aliphatic rings. The van der Waals surface area contributed by atoms with Crippen LogP contribution in [0.4, 0.5) is 24.7 Å². The third-order valence-electron chi connectivity index (χ3n) is 4.77. The van der Waals surface area contributed by atoms with Gasteiger partial charge in [0, 0.05) is 11.8 Å². The highest BCUT2D eigenvalue weighted by Crippen LogP contribution is 2.32. The van der Waals surface area contributed by atoms with E-state index in [1.165, 1.54) is 25.4 Å². The molecular formula is C21H17F3N4O2. The first-order valence-corrected chi connectivity index (χ1v) is 9.16. The minimum absolute atomic E-state index is 0.0130. The first-order valence-electron chi connectivity index (χ1n) is 9.16. The molecule has 0 radical (unpaired) electrons. The normalized spacial score (nSPS) is 14.9. The van der Waals surface area contributed by atoms with E-state index in [0.717, 1.165) is 35.7 Å². The second-order valence-corrected chi connectivity index (χ2v) is 6.80. The maximum Gasteiger partial charge on any atom is 0.276 e. The SMILES string of the molecule is COc1ncc(Nc2cc(F)cc(F)c2)nc1C(=O)NC1CCc2ccc(F)cc21. The summed E-state index contributed by atoms with van der Waals surface area (Å²) in [5.74, 6) is -2.37. The lowest BCUT2D eigenvalue weighted by molar-refractivity contribution is 0.0927. The summed E-state index contributed by atoms with van der Waals surface area (Å²) in [6, 6.07) is 7.04. The molecule has 4 rings (SSSR count). The number of fused-ring (bicyclic) bond motifs is 1. The summed E-state index contributed by atoms with van der Waals surface area (Å²) in [7, 11) is 1.34. The molecule has 0 aliphatic heterocycles. The van der Waals surface area contributed by atoms with Crippen LogP contribution in [-0.4, -0.2) is 23.0 Å². The molecule has 0 fully saturated rings. The molecule has 9 heteroatoms. The highest BCUT2D eigenvalue weighted by molar-refractivity contribution is 5.95. The van der Waals surface area contributed by atoms with Crippen molar-refractivity contribution in [2.45, 2.75) is 18.9 Å². The minimum Gasteiger partial charge on any atom is -0.479 e. The average molecular weight is 414 g/mol. The van der Waals surface area contributed by atoms with Gasteiger partial charge in [0.1, 0.15) is 23.3 Å². The number of benzene rings is 2. The molecule has 1 aliphatic carbocycles. The molecule has 1 aromatic heterocycles. The number of halogens is 3. The number of anilines is 2. The van der Waals surface area contributed by atoms with Gasteiger partial charge in [0.25, 0.3) is 5.91 Å². The molecule has 1 unspecified atom stereocenters. The van der Waals surface area contributed by atoms with Crippen molar-refractivity contribution in [1.82, 2.24) is 15.3 Å². The fourth-order valence-corrected chi connectivity index (χ4v) is 3.46. The van der Waals surface area contributed by atoms with Gasteiger partial charge in [0.15, 0.2) is 5.69 Å². The Morgan fingerprint density at radius 1 is 1.10 bits per heavy atom. The summed E-state index contributed by atoms with van der Waals surface area (Å²) >= 11 is 0. The van der Waals surface area contributed by atoms with Crippen molar-refractivity contribution in [2.75, 3.05) is 12.4 Å². The molecule has 30 heavy (non-hydrogen) atoms. The molecule has 154 valence electrons. The van der Waals surface area contributed by atoms with Crippen molar-refractivity contribution < 1.29 is 22.7 Å². The van der Waals surface area contributed by atoms with Gasteiger partial charge in [-0.3, -0.25) is 4.79 Å². The summed E-state index contributed by atoms with van der Waals surface area (Å²) in [5, 5.41) is 5.54. The first-order chi connectivity index (χ1) is 14.4. The maximum absolute atomic E-state index is 13.6. The summed E-state index contributed by atoms with van der Waals surface area (Å²) in [6.07, 6.45) is 2.62. The van der Waals surface area contributed by atoms with Gasteiger partial charge in [-0.25, -0.2) is 23.1 Å². The lowest BCUT2D eigenvalue weighted by Crippen LogP contribution is -2.28. The van der Waals surface area contributed by atoms with Crippen LogP contribution >= 0.6 is 0 Å². The summed E-state index contributed by atoms with van der Waals surface area (Å²) in [5.41, 5.74) is 1.70. The van der Waals surface area contributed by atoms with Crippen LogP contribution in [-0.2, 0) is 6.42 Å². The molecule has 0 spiro atoms. The van der Waals surface area contributed by atoms with E-state index in [1.807, 2.05) is 0 Å². The lowest BCUT2D eigenvalue weighted by Gasteiger charge is -2.15. The van der Waals surface area contributed by atoms with Gasteiger partial charge < -0.3 is 15.4 Å². The van der Waals surface area contributed by atoms with Crippen LogP contribution in [0.25, 0.3) is 0 Å². The second kappa shape index (κ2) is 8.02. The largest absolute Gasteiger partial charge is 0.479 e. The van der Waals surface area contributed by atoms with Crippen molar-refractivity contribution in [3.63, 3.8) is 0 Å². The predicted molar refractivity (Wildman–Crippen MR) is 103 cm³/mol. The van der Waals surface area contributed by atoms with Crippen LogP contribution in [0, 0.1) is 17.5 Å². The van der Waals surface area contributed by atoms with Crippen LogP contribution in [0.1, 0.15) is 34.1 Å². The smallest absolute Gasteiger partial charge is 0.276 e. The van der Waals surface area contributed by atoms with Gasteiger partial charge in [-0.1, -0.05) is 6.07 Å². The van der Waals surface area contributed by atoms with Gasteiger partial charge in [-0.15, -0.1) is 0 Å². The lowest BCUT2D eigenvalue weighted by atomic mass is 10.1. The number of rotatable bonds is 5. The number of aromatic nitrogens is 2. The Balaban J connectivity index is 1.58. The van der Waals surface area contributed by atoms with Gasteiger partial charge in [0.05, 0.1) is 19.3 Å². The van der Waals surface area contributed by atoms with E-state index in [4.69, 9.17) is 4.74 Å². The molecule has 0 saturated carbocycles. The Kier molecular flexibility index (Phi) is 5.26. The first kappa shape index (κ1) is 19.7. The van der Waals surface area contributed by atoms with Gasteiger partial charge in [0.2, 0.25) is 5.88 Å². The Morgan fingerprint density at radius 2 is 1.87 bits per heavy atom. The van der Waals surface area contributed by atoms with E-state index in [0.29, 0.717) is 6.42 Å².